The average Bonchev–Trinajstić information content (AvgIpc) is 2.98. The molecule has 3 N–H and O–H groups in total. The van der Waals surface area contributed by atoms with Crippen molar-refractivity contribution in [2.75, 3.05) is 18.4 Å². The topological polar surface area (TPSA) is 96.2 Å². The molecule has 134 valence electrons. The van der Waals surface area contributed by atoms with E-state index in [1.807, 2.05) is 39.1 Å². The number of carbonyl (C=O) groups is 1. The van der Waals surface area contributed by atoms with Gasteiger partial charge in [0.2, 0.25) is 5.91 Å². The predicted molar refractivity (Wildman–Crippen MR) is 101 cm³/mol. The van der Waals surface area contributed by atoms with Crippen molar-refractivity contribution in [3.8, 4) is 0 Å². The maximum Gasteiger partial charge on any atom is 0.243 e. The van der Waals surface area contributed by atoms with E-state index in [1.165, 1.54) is 6.33 Å². The minimum atomic E-state index is -0.148. The van der Waals surface area contributed by atoms with Crippen molar-refractivity contribution in [3.63, 3.8) is 0 Å². The standard InChI is InChI=1S/C16H22BrN7O/c1-4-18-16(19-8-14-21-10-22-24(14)3)20-9-15(25)23-13-7-12(17)6-5-11(13)2/h5-7,10H,4,8-9H2,1-3H3,(H,23,25)(H2,18,19,20). The largest absolute Gasteiger partial charge is 0.357 e. The van der Waals surface area contributed by atoms with Gasteiger partial charge in [0.15, 0.2) is 5.96 Å². The second-order valence-electron chi connectivity index (χ2n) is 5.36. The Morgan fingerprint density at radius 3 is 2.84 bits per heavy atom. The molecule has 0 aliphatic carbocycles. The smallest absolute Gasteiger partial charge is 0.243 e. The van der Waals surface area contributed by atoms with Crippen LogP contribution in [0, 0.1) is 6.92 Å². The second kappa shape index (κ2) is 9.16. The van der Waals surface area contributed by atoms with Crippen molar-refractivity contribution >= 4 is 33.5 Å². The van der Waals surface area contributed by atoms with Gasteiger partial charge in [-0.05, 0) is 31.5 Å². The zero-order valence-electron chi connectivity index (χ0n) is 14.5. The molecule has 0 atom stereocenters. The van der Waals surface area contributed by atoms with Gasteiger partial charge in [-0.15, -0.1) is 0 Å². The molecule has 0 radical (unpaired) electrons. The van der Waals surface area contributed by atoms with Crippen molar-refractivity contribution in [2.45, 2.75) is 20.4 Å². The van der Waals surface area contributed by atoms with Crippen LogP contribution in [0.4, 0.5) is 5.69 Å². The van der Waals surface area contributed by atoms with E-state index in [-0.39, 0.29) is 12.5 Å². The summed E-state index contributed by atoms with van der Waals surface area (Å²) in [6.07, 6.45) is 1.49. The molecule has 0 aliphatic heterocycles. The molecule has 1 aromatic carbocycles. The van der Waals surface area contributed by atoms with Crippen LogP contribution in [-0.2, 0) is 18.4 Å². The lowest BCUT2D eigenvalue weighted by Crippen LogP contribution is -2.41. The van der Waals surface area contributed by atoms with Crippen molar-refractivity contribution < 1.29 is 4.79 Å². The first kappa shape index (κ1) is 18.9. The van der Waals surface area contributed by atoms with E-state index in [4.69, 9.17) is 0 Å². The summed E-state index contributed by atoms with van der Waals surface area (Å²) in [7, 11) is 1.81. The Bertz CT molecular complexity index is 757. The number of nitrogens with zero attached hydrogens (tertiary/aromatic N) is 4. The molecule has 0 saturated heterocycles. The summed E-state index contributed by atoms with van der Waals surface area (Å²) in [5, 5.41) is 13.0. The number of anilines is 1. The zero-order chi connectivity index (χ0) is 18.2. The van der Waals surface area contributed by atoms with Crippen LogP contribution in [0.3, 0.4) is 0 Å². The average molecular weight is 408 g/mol. The second-order valence-corrected chi connectivity index (χ2v) is 6.27. The summed E-state index contributed by atoms with van der Waals surface area (Å²) in [6.45, 7) is 5.08. The number of nitrogens with one attached hydrogen (secondary N) is 3. The lowest BCUT2D eigenvalue weighted by molar-refractivity contribution is -0.115. The summed E-state index contributed by atoms with van der Waals surface area (Å²) in [5.74, 6) is 1.14. The first-order chi connectivity index (χ1) is 12.0. The summed E-state index contributed by atoms with van der Waals surface area (Å²) in [6, 6.07) is 5.76. The SMILES string of the molecule is CCNC(=NCc1ncnn1C)NCC(=O)Nc1cc(Br)ccc1C. The van der Waals surface area contributed by atoms with Crippen molar-refractivity contribution in [3.05, 3.63) is 40.4 Å². The van der Waals surface area contributed by atoms with Gasteiger partial charge in [0.25, 0.3) is 0 Å². The third kappa shape index (κ3) is 5.86. The molecule has 0 aliphatic rings. The molecule has 0 unspecified atom stereocenters. The summed E-state index contributed by atoms with van der Waals surface area (Å²) >= 11 is 3.41. The monoisotopic (exact) mass is 407 g/mol. The van der Waals surface area contributed by atoms with E-state index < -0.39 is 0 Å². The van der Waals surface area contributed by atoms with Crippen LogP contribution in [-0.4, -0.2) is 39.7 Å². The molecule has 2 rings (SSSR count). The van der Waals surface area contributed by atoms with Gasteiger partial charge < -0.3 is 16.0 Å². The summed E-state index contributed by atoms with van der Waals surface area (Å²) < 4.78 is 2.58. The Kier molecular flexibility index (Phi) is 6.93. The molecule has 1 aromatic heterocycles. The third-order valence-corrected chi connectivity index (χ3v) is 3.91. The fourth-order valence-corrected chi connectivity index (χ4v) is 2.40. The quantitative estimate of drug-likeness (QED) is 0.498. The number of benzene rings is 1. The van der Waals surface area contributed by atoms with Crippen LogP contribution in [0.5, 0.6) is 0 Å². The van der Waals surface area contributed by atoms with Crippen LogP contribution < -0.4 is 16.0 Å². The Morgan fingerprint density at radius 1 is 1.36 bits per heavy atom. The Balaban J connectivity index is 1.92. The van der Waals surface area contributed by atoms with E-state index in [0.29, 0.717) is 19.0 Å². The molecule has 2 aromatic rings. The van der Waals surface area contributed by atoms with Gasteiger partial charge in [-0.2, -0.15) is 5.10 Å². The van der Waals surface area contributed by atoms with Crippen molar-refractivity contribution in [1.29, 1.82) is 0 Å². The third-order valence-electron chi connectivity index (χ3n) is 3.42. The maximum atomic E-state index is 12.2. The number of guanidine groups is 1. The molecule has 1 amide bonds. The normalized spacial score (nSPS) is 11.3. The van der Waals surface area contributed by atoms with Crippen LogP contribution >= 0.6 is 15.9 Å². The molecule has 8 nitrogen and oxygen atoms in total. The number of carbonyl (C=O) groups excluding carboxylic acids is 1. The van der Waals surface area contributed by atoms with Gasteiger partial charge in [0.1, 0.15) is 18.7 Å². The molecule has 0 saturated carbocycles. The minimum Gasteiger partial charge on any atom is -0.357 e. The highest BCUT2D eigenvalue weighted by Gasteiger charge is 2.07. The van der Waals surface area contributed by atoms with Crippen LogP contribution in [0.15, 0.2) is 34.0 Å². The maximum absolute atomic E-state index is 12.2. The van der Waals surface area contributed by atoms with Gasteiger partial charge in [0.05, 0.1) is 6.54 Å². The van der Waals surface area contributed by atoms with Gasteiger partial charge in [-0.25, -0.2) is 9.98 Å². The predicted octanol–water partition coefficient (Wildman–Crippen LogP) is 1.58. The van der Waals surface area contributed by atoms with Crippen molar-refractivity contribution in [2.24, 2.45) is 12.0 Å². The van der Waals surface area contributed by atoms with Crippen LogP contribution in [0.1, 0.15) is 18.3 Å². The van der Waals surface area contributed by atoms with E-state index in [1.54, 1.807) is 4.68 Å². The highest BCUT2D eigenvalue weighted by Crippen LogP contribution is 2.20. The number of amides is 1. The Hall–Kier alpha value is -2.42. The van der Waals surface area contributed by atoms with Crippen LogP contribution in [0.2, 0.25) is 0 Å². The Labute approximate surface area is 155 Å². The molecule has 9 heteroatoms. The first-order valence-electron chi connectivity index (χ1n) is 7.90. The molecule has 0 bridgehead atoms. The molecular formula is C16H22BrN7O. The zero-order valence-corrected chi connectivity index (χ0v) is 16.1. The van der Waals surface area contributed by atoms with E-state index >= 15 is 0 Å². The van der Waals surface area contributed by atoms with E-state index in [0.717, 1.165) is 21.5 Å². The van der Waals surface area contributed by atoms with Crippen molar-refractivity contribution in [1.82, 2.24) is 25.4 Å². The number of hydrogen-bond donors (Lipinski definition) is 3. The molecule has 25 heavy (non-hydrogen) atoms. The first-order valence-corrected chi connectivity index (χ1v) is 8.70. The van der Waals surface area contributed by atoms with Gasteiger partial charge >= 0.3 is 0 Å². The highest BCUT2D eigenvalue weighted by atomic mass is 79.9. The number of halogens is 1. The number of aryl methyl sites for hydroxylation is 2. The van der Waals surface area contributed by atoms with Gasteiger partial charge in [-0.3, -0.25) is 9.48 Å². The summed E-state index contributed by atoms with van der Waals surface area (Å²) in [5.41, 5.74) is 1.78. The Morgan fingerprint density at radius 2 is 2.16 bits per heavy atom. The lowest BCUT2D eigenvalue weighted by Gasteiger charge is -2.12. The molecule has 1 heterocycles. The molecular weight excluding hydrogens is 386 g/mol. The van der Waals surface area contributed by atoms with Gasteiger partial charge in [0, 0.05) is 23.8 Å². The van der Waals surface area contributed by atoms with E-state index in [2.05, 4.69) is 47.0 Å². The fourth-order valence-electron chi connectivity index (χ4n) is 2.04. The van der Waals surface area contributed by atoms with Gasteiger partial charge in [-0.1, -0.05) is 22.0 Å². The lowest BCUT2D eigenvalue weighted by atomic mass is 10.2. The molecule has 0 spiro atoms. The number of hydrogen-bond acceptors (Lipinski definition) is 4. The van der Waals surface area contributed by atoms with Crippen LogP contribution in [0.25, 0.3) is 0 Å². The summed E-state index contributed by atoms with van der Waals surface area (Å²) in [4.78, 5) is 20.7. The molecule has 0 fully saturated rings. The van der Waals surface area contributed by atoms with E-state index in [9.17, 15) is 4.79 Å². The number of aromatic nitrogens is 3. The fraction of sp³-hybridized carbons (Fsp3) is 0.375. The minimum absolute atomic E-state index is 0.108. The number of rotatable bonds is 6. The number of aliphatic imine (C=N–C) groups is 1. The highest BCUT2D eigenvalue weighted by molar-refractivity contribution is 9.10.